The van der Waals surface area contributed by atoms with E-state index in [2.05, 4.69) is 11.9 Å². The van der Waals surface area contributed by atoms with Crippen LogP contribution in [0.15, 0.2) is 23.2 Å². The maximum atomic E-state index is 12.1. The fraction of sp³-hybridized carbons (Fsp3) is 0.556. The second-order valence-corrected chi connectivity index (χ2v) is 6.39. The number of carbonyl (C=O) groups is 1. The third-order valence-electron chi connectivity index (χ3n) is 3.59. The summed E-state index contributed by atoms with van der Waals surface area (Å²) in [7, 11) is 0. The van der Waals surface area contributed by atoms with Gasteiger partial charge in [-0.3, -0.25) is 4.79 Å². The highest BCUT2D eigenvalue weighted by atomic mass is 32.1. The minimum Gasteiger partial charge on any atom is -0.492 e. The zero-order chi connectivity index (χ0) is 17.4. The molecule has 0 radical (unpaired) electrons. The lowest BCUT2D eigenvalue weighted by molar-refractivity contribution is -0.118. The van der Waals surface area contributed by atoms with Crippen molar-refractivity contribution in [2.75, 3.05) is 19.8 Å². The van der Waals surface area contributed by atoms with Gasteiger partial charge in [-0.1, -0.05) is 30.7 Å². The van der Waals surface area contributed by atoms with Crippen molar-refractivity contribution in [3.63, 3.8) is 0 Å². The summed E-state index contributed by atoms with van der Waals surface area (Å²) in [4.78, 5) is 17.2. The van der Waals surface area contributed by atoms with Gasteiger partial charge in [-0.05, 0) is 32.4 Å². The van der Waals surface area contributed by atoms with Gasteiger partial charge in [0.15, 0.2) is 4.80 Å². The first kappa shape index (κ1) is 18.7. The zero-order valence-corrected chi connectivity index (χ0v) is 15.5. The number of benzene rings is 1. The van der Waals surface area contributed by atoms with E-state index in [4.69, 9.17) is 9.47 Å². The van der Waals surface area contributed by atoms with E-state index < -0.39 is 0 Å². The van der Waals surface area contributed by atoms with Gasteiger partial charge in [0.1, 0.15) is 11.3 Å². The second-order valence-electron chi connectivity index (χ2n) is 5.38. The molecule has 0 spiro atoms. The molecule has 1 amide bonds. The van der Waals surface area contributed by atoms with Crippen molar-refractivity contribution >= 4 is 27.5 Å². The molecular formula is C18H26N2O3S. The Kier molecular flexibility index (Phi) is 7.46. The summed E-state index contributed by atoms with van der Waals surface area (Å²) in [6.07, 6.45) is 2.36. The van der Waals surface area contributed by atoms with Gasteiger partial charge < -0.3 is 14.0 Å². The minimum atomic E-state index is -0.0634. The number of fused-ring (bicyclic) bond motifs is 1. The fourth-order valence-corrected chi connectivity index (χ4v) is 3.54. The van der Waals surface area contributed by atoms with E-state index in [1.54, 1.807) is 0 Å². The number of unbranched alkanes of at least 4 members (excludes halogenated alkanes) is 1. The molecule has 0 atom stereocenters. The van der Waals surface area contributed by atoms with Gasteiger partial charge in [-0.2, -0.15) is 4.99 Å². The molecule has 1 aromatic carbocycles. The number of aromatic nitrogens is 1. The molecule has 0 unspecified atom stereocenters. The highest BCUT2D eigenvalue weighted by Crippen LogP contribution is 2.27. The van der Waals surface area contributed by atoms with Crippen LogP contribution < -0.4 is 9.54 Å². The summed E-state index contributed by atoms with van der Waals surface area (Å²) in [5.41, 5.74) is 0.992. The van der Waals surface area contributed by atoms with E-state index in [9.17, 15) is 4.79 Å². The van der Waals surface area contributed by atoms with Crippen molar-refractivity contribution in [1.29, 1.82) is 0 Å². The van der Waals surface area contributed by atoms with Crippen molar-refractivity contribution in [3.8, 4) is 5.75 Å². The molecule has 1 heterocycles. The largest absolute Gasteiger partial charge is 0.492 e. The van der Waals surface area contributed by atoms with Crippen LogP contribution in [0.25, 0.3) is 10.2 Å². The summed E-state index contributed by atoms with van der Waals surface area (Å²) in [5.74, 6) is 0.761. The number of carbonyl (C=O) groups excluding carboxylic acids is 1. The summed E-state index contributed by atoms with van der Waals surface area (Å²) in [5, 5.41) is 0. The van der Waals surface area contributed by atoms with Gasteiger partial charge in [-0.15, -0.1) is 0 Å². The Labute approximate surface area is 146 Å². The molecule has 132 valence electrons. The van der Waals surface area contributed by atoms with Crippen LogP contribution in [0, 0.1) is 0 Å². The van der Waals surface area contributed by atoms with Crippen LogP contribution in [0.4, 0.5) is 0 Å². The second kappa shape index (κ2) is 9.59. The maximum Gasteiger partial charge on any atom is 0.248 e. The van der Waals surface area contributed by atoms with Gasteiger partial charge in [0.2, 0.25) is 5.91 Å². The summed E-state index contributed by atoms with van der Waals surface area (Å²) < 4.78 is 14.4. The monoisotopic (exact) mass is 350 g/mol. The summed E-state index contributed by atoms with van der Waals surface area (Å²) in [6.45, 7) is 8.52. The first-order valence-electron chi connectivity index (χ1n) is 8.61. The molecule has 0 aliphatic rings. The lowest BCUT2D eigenvalue weighted by Crippen LogP contribution is -2.20. The number of para-hydroxylation sites is 1. The van der Waals surface area contributed by atoms with Crippen LogP contribution in [0.1, 0.15) is 40.0 Å². The highest BCUT2D eigenvalue weighted by molar-refractivity contribution is 7.16. The quantitative estimate of drug-likeness (QED) is 0.647. The van der Waals surface area contributed by atoms with Crippen LogP contribution >= 0.6 is 11.3 Å². The third-order valence-corrected chi connectivity index (χ3v) is 4.64. The average Bonchev–Trinajstić information content (AvgIpc) is 2.92. The maximum absolute atomic E-state index is 12.1. The predicted molar refractivity (Wildman–Crippen MR) is 97.6 cm³/mol. The molecule has 2 aromatic rings. The third kappa shape index (κ3) is 4.68. The molecule has 0 bridgehead atoms. The van der Waals surface area contributed by atoms with Crippen LogP contribution in [0.3, 0.4) is 0 Å². The Bertz CT molecular complexity index is 733. The highest BCUT2D eigenvalue weighted by Gasteiger charge is 2.12. The topological polar surface area (TPSA) is 52.8 Å². The standard InChI is InChI=1S/C18H26N2O3S/c1-4-7-11-16(21)19-18-20(12-13-22-5-2)17-14(23-6-3)9-8-10-15(17)24-18/h8-10H,4-7,11-13H2,1-3H3. The molecule has 0 saturated heterocycles. The van der Waals surface area contributed by atoms with E-state index in [0.717, 1.165) is 33.6 Å². The normalized spacial score (nSPS) is 12.0. The Hall–Kier alpha value is -1.66. The van der Waals surface area contributed by atoms with Gasteiger partial charge in [0, 0.05) is 19.6 Å². The molecule has 5 nitrogen and oxygen atoms in total. The first-order valence-corrected chi connectivity index (χ1v) is 9.43. The number of thiazole rings is 1. The molecule has 0 aliphatic heterocycles. The zero-order valence-electron chi connectivity index (χ0n) is 14.7. The van der Waals surface area contributed by atoms with E-state index in [0.29, 0.717) is 32.8 Å². The lowest BCUT2D eigenvalue weighted by atomic mass is 10.2. The fourth-order valence-electron chi connectivity index (χ4n) is 2.45. The van der Waals surface area contributed by atoms with E-state index >= 15 is 0 Å². The Morgan fingerprint density at radius 2 is 2.08 bits per heavy atom. The molecule has 0 saturated carbocycles. The van der Waals surface area contributed by atoms with E-state index in [1.165, 1.54) is 11.3 Å². The molecule has 0 aliphatic carbocycles. The summed E-state index contributed by atoms with van der Waals surface area (Å²) in [6, 6.07) is 5.97. The van der Waals surface area contributed by atoms with E-state index in [1.807, 2.05) is 36.6 Å². The van der Waals surface area contributed by atoms with Gasteiger partial charge >= 0.3 is 0 Å². The van der Waals surface area contributed by atoms with Crippen molar-refractivity contribution < 1.29 is 14.3 Å². The SMILES string of the molecule is CCCCC(=O)N=c1sc2cccc(OCC)c2n1CCOCC. The Morgan fingerprint density at radius 1 is 1.25 bits per heavy atom. The van der Waals surface area contributed by atoms with Gasteiger partial charge in [-0.25, -0.2) is 0 Å². The van der Waals surface area contributed by atoms with E-state index in [-0.39, 0.29) is 5.91 Å². The number of nitrogens with zero attached hydrogens (tertiary/aromatic N) is 2. The number of rotatable bonds is 9. The predicted octanol–water partition coefficient (Wildman–Crippen LogP) is 3.76. The van der Waals surface area contributed by atoms with Crippen molar-refractivity contribution in [1.82, 2.24) is 4.57 Å². The number of hydrogen-bond acceptors (Lipinski definition) is 4. The molecular weight excluding hydrogens is 324 g/mol. The minimum absolute atomic E-state index is 0.0634. The van der Waals surface area contributed by atoms with Gasteiger partial charge in [0.05, 0.1) is 17.9 Å². The van der Waals surface area contributed by atoms with Crippen molar-refractivity contribution in [3.05, 3.63) is 23.0 Å². The number of hydrogen-bond donors (Lipinski definition) is 0. The molecule has 1 aromatic heterocycles. The summed E-state index contributed by atoms with van der Waals surface area (Å²) >= 11 is 1.52. The Morgan fingerprint density at radius 3 is 2.79 bits per heavy atom. The van der Waals surface area contributed by atoms with Crippen molar-refractivity contribution in [2.45, 2.75) is 46.6 Å². The first-order chi connectivity index (χ1) is 11.7. The Balaban J connectivity index is 2.48. The number of amides is 1. The number of ether oxygens (including phenoxy) is 2. The molecule has 24 heavy (non-hydrogen) atoms. The molecule has 6 heteroatoms. The van der Waals surface area contributed by atoms with Crippen molar-refractivity contribution in [2.24, 2.45) is 4.99 Å². The van der Waals surface area contributed by atoms with Gasteiger partial charge in [0.25, 0.3) is 0 Å². The average molecular weight is 350 g/mol. The van der Waals surface area contributed by atoms with Crippen LogP contribution in [0.5, 0.6) is 5.75 Å². The molecule has 0 N–H and O–H groups in total. The molecule has 0 fully saturated rings. The lowest BCUT2D eigenvalue weighted by Gasteiger charge is -2.09. The van der Waals surface area contributed by atoms with Crippen LogP contribution in [0.2, 0.25) is 0 Å². The van der Waals surface area contributed by atoms with Crippen LogP contribution in [-0.4, -0.2) is 30.3 Å². The molecule has 2 rings (SSSR count). The smallest absolute Gasteiger partial charge is 0.248 e. The van der Waals surface area contributed by atoms with Crippen LogP contribution in [-0.2, 0) is 16.1 Å².